The van der Waals surface area contributed by atoms with Crippen molar-refractivity contribution >= 4 is 17.5 Å². The van der Waals surface area contributed by atoms with Crippen LogP contribution in [0.1, 0.15) is 33.9 Å². The molecule has 0 saturated carbocycles. The quantitative estimate of drug-likeness (QED) is 0.901. The van der Waals surface area contributed by atoms with Crippen LogP contribution in [0.3, 0.4) is 0 Å². The summed E-state index contributed by atoms with van der Waals surface area (Å²) in [6.45, 7) is -0.0826. The van der Waals surface area contributed by atoms with E-state index < -0.39 is 0 Å². The average molecular weight is 338 g/mol. The molecule has 1 atom stereocenters. The van der Waals surface area contributed by atoms with Crippen molar-refractivity contribution in [3.63, 3.8) is 0 Å². The first-order chi connectivity index (χ1) is 12.2. The Hall–Kier alpha value is -3.02. The molecule has 0 aromatic heterocycles. The minimum Gasteiger partial charge on any atom is -0.496 e. The largest absolute Gasteiger partial charge is 0.496 e. The maximum absolute atomic E-state index is 12.8. The molecule has 2 aliphatic rings. The fourth-order valence-corrected chi connectivity index (χ4v) is 3.49. The second-order valence-corrected chi connectivity index (χ2v) is 6.11. The zero-order chi connectivity index (χ0) is 17.4. The van der Waals surface area contributed by atoms with Gasteiger partial charge in [0.25, 0.3) is 11.8 Å². The molecule has 1 aliphatic heterocycles. The summed E-state index contributed by atoms with van der Waals surface area (Å²) in [6.07, 6.45) is 1.69. The second-order valence-electron chi connectivity index (χ2n) is 6.11. The lowest BCUT2D eigenvalue weighted by Crippen LogP contribution is -2.30. The predicted octanol–water partition coefficient (Wildman–Crippen LogP) is 2.44. The molecule has 2 N–H and O–H groups in total. The molecule has 25 heavy (non-hydrogen) atoms. The number of fused-ring (bicyclic) bond motifs is 2. The number of hydrogen-bond donors (Lipinski definition) is 2. The molecule has 0 saturated heterocycles. The van der Waals surface area contributed by atoms with Crippen molar-refractivity contribution in [2.45, 2.75) is 18.9 Å². The molecule has 2 amide bonds. The summed E-state index contributed by atoms with van der Waals surface area (Å²) in [6, 6.07) is 11.0. The minimum atomic E-state index is -0.220. The van der Waals surface area contributed by atoms with Gasteiger partial charge in [0.05, 0.1) is 24.4 Å². The zero-order valence-electron chi connectivity index (χ0n) is 13.8. The fraction of sp³-hybridized carbons (Fsp3) is 0.263. The number of ether oxygens (including phenoxy) is 2. The molecule has 1 unspecified atom stereocenters. The topological polar surface area (TPSA) is 76.7 Å². The molecule has 6 nitrogen and oxygen atoms in total. The van der Waals surface area contributed by atoms with Crippen molar-refractivity contribution in [1.29, 1.82) is 0 Å². The summed E-state index contributed by atoms with van der Waals surface area (Å²) >= 11 is 0. The molecule has 128 valence electrons. The average Bonchev–Trinajstić information content (AvgIpc) is 3.04. The number of rotatable bonds is 3. The van der Waals surface area contributed by atoms with Crippen LogP contribution in [0, 0.1) is 0 Å². The monoisotopic (exact) mass is 338 g/mol. The van der Waals surface area contributed by atoms with Gasteiger partial charge in [-0.2, -0.15) is 0 Å². The SMILES string of the molecule is COc1cccc2c1CCC2NC(=O)c1cccc2c1OCC(=O)N2. The molecule has 4 rings (SSSR count). The Balaban J connectivity index is 1.59. The van der Waals surface area contributed by atoms with E-state index >= 15 is 0 Å². The van der Waals surface area contributed by atoms with Gasteiger partial charge in [-0.1, -0.05) is 18.2 Å². The standard InChI is InChI=1S/C19H18N2O4/c1-24-16-7-3-4-11-12(16)8-9-14(11)21-19(23)13-5-2-6-15-18(13)25-10-17(22)20-15/h2-7,14H,8-10H2,1H3,(H,20,22)(H,21,23). The number of benzene rings is 2. The van der Waals surface area contributed by atoms with Gasteiger partial charge in [-0.05, 0) is 42.2 Å². The second kappa shape index (κ2) is 6.12. The van der Waals surface area contributed by atoms with Gasteiger partial charge >= 0.3 is 0 Å². The number of para-hydroxylation sites is 1. The van der Waals surface area contributed by atoms with Gasteiger partial charge in [-0.25, -0.2) is 0 Å². The van der Waals surface area contributed by atoms with Crippen LogP contribution in [0.4, 0.5) is 5.69 Å². The third-order valence-corrected chi connectivity index (χ3v) is 4.63. The Morgan fingerprint density at radius 3 is 2.96 bits per heavy atom. The zero-order valence-corrected chi connectivity index (χ0v) is 13.8. The fourth-order valence-electron chi connectivity index (χ4n) is 3.49. The van der Waals surface area contributed by atoms with Crippen LogP contribution in [0.25, 0.3) is 0 Å². The van der Waals surface area contributed by atoms with E-state index in [0.717, 1.165) is 29.7 Å². The normalized spacial score (nSPS) is 17.8. The molecule has 1 heterocycles. The van der Waals surface area contributed by atoms with Crippen molar-refractivity contribution in [2.75, 3.05) is 19.0 Å². The highest BCUT2D eigenvalue weighted by molar-refractivity contribution is 6.03. The van der Waals surface area contributed by atoms with Crippen molar-refractivity contribution < 1.29 is 19.1 Å². The molecule has 0 fully saturated rings. The number of amides is 2. The maximum Gasteiger partial charge on any atom is 0.262 e. The lowest BCUT2D eigenvalue weighted by Gasteiger charge is -2.21. The molecule has 2 aromatic carbocycles. The number of nitrogens with one attached hydrogen (secondary N) is 2. The highest BCUT2D eigenvalue weighted by Crippen LogP contribution is 2.38. The van der Waals surface area contributed by atoms with Crippen LogP contribution >= 0.6 is 0 Å². The van der Waals surface area contributed by atoms with E-state index in [1.165, 1.54) is 0 Å². The molecule has 0 radical (unpaired) electrons. The Bertz CT molecular complexity index is 862. The highest BCUT2D eigenvalue weighted by Gasteiger charge is 2.29. The van der Waals surface area contributed by atoms with Crippen LogP contribution in [-0.2, 0) is 11.2 Å². The Kier molecular flexibility index (Phi) is 3.80. The molecule has 0 bridgehead atoms. The van der Waals surface area contributed by atoms with Crippen molar-refractivity contribution in [1.82, 2.24) is 5.32 Å². The predicted molar refractivity (Wildman–Crippen MR) is 92.1 cm³/mol. The van der Waals surface area contributed by atoms with Gasteiger partial charge in [0.1, 0.15) is 5.75 Å². The number of methoxy groups -OCH3 is 1. The van der Waals surface area contributed by atoms with Gasteiger partial charge in [0, 0.05) is 0 Å². The summed E-state index contributed by atoms with van der Waals surface area (Å²) in [4.78, 5) is 24.2. The van der Waals surface area contributed by atoms with Crippen LogP contribution in [0.5, 0.6) is 11.5 Å². The van der Waals surface area contributed by atoms with E-state index in [2.05, 4.69) is 10.6 Å². The van der Waals surface area contributed by atoms with Crippen LogP contribution in [-0.4, -0.2) is 25.5 Å². The summed E-state index contributed by atoms with van der Waals surface area (Å²) < 4.78 is 10.9. The van der Waals surface area contributed by atoms with E-state index in [0.29, 0.717) is 17.0 Å². The highest BCUT2D eigenvalue weighted by atomic mass is 16.5. The van der Waals surface area contributed by atoms with Gasteiger partial charge < -0.3 is 20.1 Å². The first-order valence-corrected chi connectivity index (χ1v) is 8.19. The first-order valence-electron chi connectivity index (χ1n) is 8.19. The first kappa shape index (κ1) is 15.5. The Morgan fingerprint density at radius 2 is 2.12 bits per heavy atom. The lowest BCUT2D eigenvalue weighted by molar-refractivity contribution is -0.118. The van der Waals surface area contributed by atoms with E-state index in [9.17, 15) is 9.59 Å². The minimum absolute atomic E-state index is 0.0633. The molecule has 2 aromatic rings. The van der Waals surface area contributed by atoms with Crippen molar-refractivity contribution in [2.24, 2.45) is 0 Å². The van der Waals surface area contributed by atoms with Crippen LogP contribution in [0.15, 0.2) is 36.4 Å². The Labute approximate surface area is 145 Å². The van der Waals surface area contributed by atoms with Crippen molar-refractivity contribution in [3.05, 3.63) is 53.1 Å². The lowest BCUT2D eigenvalue weighted by atomic mass is 10.1. The van der Waals surface area contributed by atoms with Gasteiger partial charge in [0.15, 0.2) is 12.4 Å². The summed E-state index contributed by atoms with van der Waals surface area (Å²) in [7, 11) is 1.66. The maximum atomic E-state index is 12.8. The van der Waals surface area contributed by atoms with Crippen LogP contribution < -0.4 is 20.1 Å². The number of carbonyl (C=O) groups is 2. The number of hydrogen-bond acceptors (Lipinski definition) is 4. The Morgan fingerprint density at radius 1 is 1.28 bits per heavy atom. The molecule has 0 spiro atoms. The van der Waals surface area contributed by atoms with Gasteiger partial charge in [-0.15, -0.1) is 0 Å². The molecular formula is C19H18N2O4. The number of anilines is 1. The van der Waals surface area contributed by atoms with E-state index in [1.54, 1.807) is 25.3 Å². The summed E-state index contributed by atoms with van der Waals surface area (Å²) in [5, 5.41) is 5.80. The summed E-state index contributed by atoms with van der Waals surface area (Å²) in [5.41, 5.74) is 3.19. The van der Waals surface area contributed by atoms with Crippen molar-refractivity contribution in [3.8, 4) is 11.5 Å². The summed E-state index contributed by atoms with van der Waals surface area (Å²) in [5.74, 6) is 0.844. The van der Waals surface area contributed by atoms with Crippen LogP contribution in [0.2, 0.25) is 0 Å². The van der Waals surface area contributed by atoms with E-state index in [4.69, 9.17) is 9.47 Å². The van der Waals surface area contributed by atoms with Gasteiger partial charge in [-0.3, -0.25) is 9.59 Å². The number of carbonyl (C=O) groups excluding carboxylic acids is 2. The smallest absolute Gasteiger partial charge is 0.262 e. The van der Waals surface area contributed by atoms with Gasteiger partial charge in [0.2, 0.25) is 0 Å². The van der Waals surface area contributed by atoms with E-state index in [-0.39, 0.29) is 24.5 Å². The molecule has 6 heteroatoms. The molecule has 1 aliphatic carbocycles. The van der Waals surface area contributed by atoms with E-state index in [1.807, 2.05) is 18.2 Å². The molecular weight excluding hydrogens is 320 g/mol. The third-order valence-electron chi connectivity index (χ3n) is 4.63. The third kappa shape index (κ3) is 2.69.